The van der Waals surface area contributed by atoms with E-state index in [-0.39, 0.29) is 11.3 Å². The van der Waals surface area contributed by atoms with Crippen LogP contribution in [0.4, 0.5) is 0 Å². The molecule has 5 rings (SSSR count). The first-order valence-corrected chi connectivity index (χ1v) is 9.19. The smallest absolute Gasteiger partial charge is 0.227 e. The summed E-state index contributed by atoms with van der Waals surface area (Å²) in [5, 5.41) is 4.24. The molecule has 3 aliphatic rings. The summed E-state index contributed by atoms with van der Waals surface area (Å²) in [7, 11) is 0. The first-order valence-electron chi connectivity index (χ1n) is 9.19. The van der Waals surface area contributed by atoms with Crippen molar-refractivity contribution in [3.8, 4) is 0 Å². The van der Waals surface area contributed by atoms with Crippen LogP contribution in [0.2, 0.25) is 0 Å². The normalized spacial score (nSPS) is 23.5. The number of rotatable bonds is 1. The molecule has 1 spiro atoms. The molecule has 1 amide bonds. The van der Waals surface area contributed by atoms with Gasteiger partial charge in [-0.15, -0.1) is 0 Å². The van der Waals surface area contributed by atoms with Gasteiger partial charge in [-0.05, 0) is 30.4 Å². The van der Waals surface area contributed by atoms with Gasteiger partial charge < -0.3 is 4.90 Å². The van der Waals surface area contributed by atoms with Crippen LogP contribution in [0.5, 0.6) is 0 Å². The van der Waals surface area contributed by atoms with Gasteiger partial charge in [-0.25, -0.2) is 9.67 Å². The third kappa shape index (κ3) is 2.33. The van der Waals surface area contributed by atoms with Crippen molar-refractivity contribution in [2.45, 2.75) is 37.6 Å². The predicted octanol–water partition coefficient (Wildman–Crippen LogP) is 2.43. The number of carbonyl (C=O) groups excluding carboxylic acids is 1. The number of fused-ring (bicyclic) bond motifs is 3. The van der Waals surface area contributed by atoms with Crippen molar-refractivity contribution in [3.63, 3.8) is 0 Å². The maximum atomic E-state index is 13.0. The minimum Gasteiger partial charge on any atom is -0.342 e. The van der Waals surface area contributed by atoms with Crippen molar-refractivity contribution >= 4 is 12.0 Å². The number of aromatic nitrogens is 3. The zero-order valence-corrected chi connectivity index (χ0v) is 14.3. The van der Waals surface area contributed by atoms with Gasteiger partial charge in [-0.2, -0.15) is 5.10 Å². The Hall–Kier alpha value is -2.43. The summed E-state index contributed by atoms with van der Waals surface area (Å²) >= 11 is 0. The highest BCUT2D eigenvalue weighted by molar-refractivity contribution is 5.79. The number of amides is 1. The number of likely N-dealkylation sites (tertiary alicyclic amines) is 1. The minimum absolute atomic E-state index is 0.0506. The number of carbonyl (C=O) groups is 1. The maximum absolute atomic E-state index is 13.0. The van der Waals surface area contributed by atoms with Crippen LogP contribution in [0.3, 0.4) is 0 Å². The molecule has 1 aromatic heterocycles. The molecular weight excluding hydrogens is 312 g/mol. The molecule has 2 aliphatic heterocycles. The number of benzene rings is 1. The second-order valence-electron chi connectivity index (χ2n) is 7.50. The van der Waals surface area contributed by atoms with Crippen molar-refractivity contribution in [2.75, 3.05) is 13.1 Å². The van der Waals surface area contributed by atoms with Crippen molar-refractivity contribution in [3.05, 3.63) is 53.6 Å². The van der Waals surface area contributed by atoms with E-state index in [4.69, 9.17) is 0 Å². The average Bonchev–Trinajstić information content (AvgIpc) is 3.27. The number of hydrogen-bond acceptors (Lipinski definition) is 3. The fourth-order valence-corrected chi connectivity index (χ4v) is 4.69. The molecule has 0 N–H and O–H groups in total. The van der Waals surface area contributed by atoms with Gasteiger partial charge in [0.05, 0.1) is 12.5 Å². The molecule has 25 heavy (non-hydrogen) atoms. The minimum atomic E-state index is 0.0506. The molecule has 3 heterocycles. The van der Waals surface area contributed by atoms with E-state index in [2.05, 4.69) is 51.4 Å². The van der Waals surface area contributed by atoms with Crippen molar-refractivity contribution in [2.24, 2.45) is 5.92 Å². The van der Waals surface area contributed by atoms with Gasteiger partial charge in [0.15, 0.2) is 0 Å². The highest BCUT2D eigenvalue weighted by atomic mass is 16.2. The van der Waals surface area contributed by atoms with E-state index in [0.29, 0.717) is 12.5 Å². The van der Waals surface area contributed by atoms with E-state index in [9.17, 15) is 4.79 Å². The predicted molar refractivity (Wildman–Crippen MR) is 94.8 cm³/mol. The number of hydrogen-bond donors (Lipinski definition) is 0. The standard InChI is InChI=1S/C20H22N4O/c25-19(16-5-6-18-21-14-22-24(18)13-16)23-11-9-20(10-12-23)8-7-15-3-1-2-4-17(15)20/h1-4,7-8,14,16H,5-6,9-13H2. The maximum Gasteiger partial charge on any atom is 0.227 e. The molecule has 0 radical (unpaired) electrons. The Morgan fingerprint density at radius 2 is 2.04 bits per heavy atom. The molecule has 1 aliphatic carbocycles. The van der Waals surface area contributed by atoms with E-state index in [1.54, 1.807) is 6.33 Å². The van der Waals surface area contributed by atoms with Gasteiger partial charge >= 0.3 is 0 Å². The third-order valence-corrected chi connectivity index (χ3v) is 6.20. The Morgan fingerprint density at radius 3 is 2.92 bits per heavy atom. The molecule has 1 fully saturated rings. The highest BCUT2D eigenvalue weighted by Crippen LogP contribution is 2.43. The quantitative estimate of drug-likeness (QED) is 0.805. The summed E-state index contributed by atoms with van der Waals surface area (Å²) < 4.78 is 1.90. The highest BCUT2D eigenvalue weighted by Gasteiger charge is 2.40. The second-order valence-corrected chi connectivity index (χ2v) is 7.50. The van der Waals surface area contributed by atoms with Crippen LogP contribution < -0.4 is 0 Å². The van der Waals surface area contributed by atoms with E-state index in [0.717, 1.165) is 44.6 Å². The molecule has 128 valence electrons. The zero-order valence-electron chi connectivity index (χ0n) is 14.3. The lowest BCUT2D eigenvalue weighted by Gasteiger charge is -2.40. The van der Waals surface area contributed by atoms with Crippen molar-refractivity contribution < 1.29 is 4.79 Å². The van der Waals surface area contributed by atoms with E-state index in [1.807, 2.05) is 4.68 Å². The summed E-state index contributed by atoms with van der Waals surface area (Å²) in [5.74, 6) is 1.36. The van der Waals surface area contributed by atoms with Crippen LogP contribution in [0.1, 0.15) is 36.2 Å². The SMILES string of the molecule is O=C(C1CCc2ncnn2C1)N1CCC2(C=Cc3ccccc32)CC1. The fourth-order valence-electron chi connectivity index (χ4n) is 4.69. The van der Waals surface area contributed by atoms with Gasteiger partial charge in [0.2, 0.25) is 5.91 Å². The van der Waals surface area contributed by atoms with Crippen LogP contribution in [0.15, 0.2) is 36.7 Å². The molecule has 1 aromatic carbocycles. The Balaban J connectivity index is 1.28. The lowest BCUT2D eigenvalue weighted by molar-refractivity contribution is -0.138. The number of nitrogens with zero attached hydrogens (tertiary/aromatic N) is 4. The molecule has 1 unspecified atom stereocenters. The van der Waals surface area contributed by atoms with Crippen LogP contribution in [-0.4, -0.2) is 38.7 Å². The van der Waals surface area contributed by atoms with Crippen molar-refractivity contribution in [1.29, 1.82) is 0 Å². The molecular formula is C20H22N4O. The summed E-state index contributed by atoms with van der Waals surface area (Å²) in [6.07, 6.45) is 9.99. The average molecular weight is 334 g/mol. The summed E-state index contributed by atoms with van der Waals surface area (Å²) in [6.45, 7) is 2.37. The summed E-state index contributed by atoms with van der Waals surface area (Å²) in [5.41, 5.74) is 2.92. The van der Waals surface area contributed by atoms with E-state index in [1.165, 1.54) is 11.1 Å². The zero-order chi connectivity index (χ0) is 16.9. The lowest BCUT2D eigenvalue weighted by Crippen LogP contribution is -2.47. The molecule has 1 saturated heterocycles. The summed E-state index contributed by atoms with van der Waals surface area (Å²) in [6, 6.07) is 8.67. The van der Waals surface area contributed by atoms with E-state index >= 15 is 0 Å². The second kappa shape index (κ2) is 5.55. The number of aryl methyl sites for hydroxylation is 1. The first kappa shape index (κ1) is 14.9. The van der Waals surface area contributed by atoms with E-state index < -0.39 is 0 Å². The monoisotopic (exact) mass is 334 g/mol. The Morgan fingerprint density at radius 1 is 1.20 bits per heavy atom. The first-order chi connectivity index (χ1) is 12.3. The van der Waals surface area contributed by atoms with Crippen LogP contribution >= 0.6 is 0 Å². The van der Waals surface area contributed by atoms with Crippen LogP contribution in [-0.2, 0) is 23.2 Å². The van der Waals surface area contributed by atoms with Gasteiger partial charge in [0.1, 0.15) is 12.2 Å². The molecule has 2 aromatic rings. The molecule has 5 heteroatoms. The van der Waals surface area contributed by atoms with Crippen molar-refractivity contribution in [1.82, 2.24) is 19.7 Å². The van der Waals surface area contributed by atoms with Gasteiger partial charge in [-0.3, -0.25) is 4.79 Å². The topological polar surface area (TPSA) is 51.0 Å². The molecule has 0 saturated carbocycles. The number of allylic oxidation sites excluding steroid dienone is 1. The van der Waals surface area contributed by atoms with Crippen LogP contribution in [0.25, 0.3) is 6.08 Å². The van der Waals surface area contributed by atoms with Crippen LogP contribution in [0, 0.1) is 5.92 Å². The lowest BCUT2D eigenvalue weighted by atomic mass is 9.74. The largest absolute Gasteiger partial charge is 0.342 e. The summed E-state index contributed by atoms with van der Waals surface area (Å²) in [4.78, 5) is 19.3. The molecule has 5 nitrogen and oxygen atoms in total. The third-order valence-electron chi connectivity index (χ3n) is 6.20. The Bertz CT molecular complexity index is 845. The number of piperidine rings is 1. The van der Waals surface area contributed by atoms with Gasteiger partial charge in [0, 0.05) is 24.9 Å². The van der Waals surface area contributed by atoms with Gasteiger partial charge in [0.25, 0.3) is 0 Å². The van der Waals surface area contributed by atoms with Gasteiger partial charge in [-0.1, -0.05) is 36.4 Å². The fraction of sp³-hybridized carbons (Fsp3) is 0.450. The molecule has 1 atom stereocenters. The Labute approximate surface area is 147 Å². The molecule has 0 bridgehead atoms. The Kier molecular flexibility index (Phi) is 3.30.